The van der Waals surface area contributed by atoms with Gasteiger partial charge in [-0.15, -0.1) is 6.58 Å². The molecule has 0 fully saturated rings. The van der Waals surface area contributed by atoms with Crippen LogP contribution in [-0.2, 0) is 14.6 Å². The molecule has 2 aromatic carbocycles. The average Bonchev–Trinajstić information content (AvgIpc) is 2.72. The molecule has 0 saturated carbocycles. The van der Waals surface area contributed by atoms with E-state index in [9.17, 15) is 26.0 Å². The van der Waals surface area contributed by atoms with Crippen LogP contribution in [0.1, 0.15) is 17.2 Å². The molecular weight excluding hydrogens is 440 g/mol. The summed E-state index contributed by atoms with van der Waals surface area (Å²) in [5.74, 6) is -5.98. The smallest absolute Gasteiger partial charge is 0.186 e. The molecule has 0 bridgehead atoms. The lowest BCUT2D eigenvalue weighted by Gasteiger charge is -2.37. The Morgan fingerprint density at radius 1 is 1.16 bits per heavy atom. The molecule has 0 amide bonds. The summed E-state index contributed by atoms with van der Waals surface area (Å²) in [6, 6.07) is 3.27. The normalized spacial score (nSPS) is 19.4. The van der Waals surface area contributed by atoms with Gasteiger partial charge in [-0.2, -0.15) is 0 Å². The quantitative estimate of drug-likeness (QED) is 0.480. The molecule has 3 atom stereocenters. The first kappa shape index (κ1) is 23.2. The van der Waals surface area contributed by atoms with E-state index >= 15 is 0 Å². The molecule has 0 aromatic heterocycles. The third-order valence-corrected chi connectivity index (χ3v) is 7.13. The largest absolute Gasteiger partial charge is 0.490 e. The van der Waals surface area contributed by atoms with E-state index in [2.05, 4.69) is 6.58 Å². The molecule has 31 heavy (non-hydrogen) atoms. The highest BCUT2D eigenvalue weighted by Gasteiger charge is 2.47. The van der Waals surface area contributed by atoms with Crippen LogP contribution < -0.4 is 4.74 Å². The highest BCUT2D eigenvalue weighted by atomic mass is 32.2. The van der Waals surface area contributed by atoms with Gasteiger partial charge in [0.05, 0.1) is 36.4 Å². The molecule has 1 N–H and O–H groups in total. The van der Waals surface area contributed by atoms with Crippen molar-refractivity contribution in [1.82, 2.24) is 0 Å². The van der Waals surface area contributed by atoms with Crippen LogP contribution in [0.25, 0.3) is 0 Å². The van der Waals surface area contributed by atoms with Crippen molar-refractivity contribution in [3.8, 4) is 5.75 Å². The number of hydrogen-bond donors (Lipinski definition) is 1. The topological polar surface area (TPSA) is 72.8 Å². The Morgan fingerprint density at radius 3 is 2.42 bits per heavy atom. The fourth-order valence-electron chi connectivity index (χ4n) is 3.70. The van der Waals surface area contributed by atoms with E-state index in [1.807, 2.05) is 0 Å². The van der Waals surface area contributed by atoms with Crippen LogP contribution in [0.5, 0.6) is 5.75 Å². The lowest BCUT2D eigenvalue weighted by molar-refractivity contribution is -0.0223. The van der Waals surface area contributed by atoms with Gasteiger partial charge < -0.3 is 14.6 Å². The average molecular weight is 460 g/mol. The molecule has 0 saturated heterocycles. The molecule has 1 heterocycles. The summed E-state index contributed by atoms with van der Waals surface area (Å²) in [6.45, 7) is 2.68. The molecule has 2 aromatic rings. The van der Waals surface area contributed by atoms with Crippen molar-refractivity contribution in [2.75, 3.05) is 19.8 Å². The Labute approximate surface area is 176 Å². The SMILES string of the molecule is C=CC[C@@H](OCCO)C1COc2c(F)ccc(F)c2[C@H]1S(=O)(=O)c1cc(F)cc(F)c1. The van der Waals surface area contributed by atoms with Crippen molar-refractivity contribution < 1.29 is 40.6 Å². The summed E-state index contributed by atoms with van der Waals surface area (Å²) in [5, 5.41) is 7.32. The van der Waals surface area contributed by atoms with Crippen LogP contribution in [0.3, 0.4) is 0 Å². The maximum absolute atomic E-state index is 14.8. The van der Waals surface area contributed by atoms with E-state index in [1.54, 1.807) is 0 Å². The number of rotatable bonds is 8. The van der Waals surface area contributed by atoms with E-state index in [0.29, 0.717) is 18.2 Å². The molecule has 5 nitrogen and oxygen atoms in total. The van der Waals surface area contributed by atoms with Gasteiger partial charge in [-0.25, -0.2) is 26.0 Å². The Bertz CT molecular complexity index is 1050. The summed E-state index contributed by atoms with van der Waals surface area (Å²) in [7, 11) is -4.64. The molecule has 168 valence electrons. The number of benzene rings is 2. The Balaban J connectivity index is 2.23. The molecule has 3 rings (SSSR count). The minimum Gasteiger partial charge on any atom is -0.490 e. The second-order valence-corrected chi connectivity index (χ2v) is 9.04. The summed E-state index contributed by atoms with van der Waals surface area (Å²) >= 11 is 0. The highest BCUT2D eigenvalue weighted by molar-refractivity contribution is 7.91. The van der Waals surface area contributed by atoms with E-state index in [-0.39, 0.29) is 26.2 Å². The van der Waals surface area contributed by atoms with Crippen molar-refractivity contribution in [2.24, 2.45) is 5.92 Å². The molecule has 1 aliphatic rings. The van der Waals surface area contributed by atoms with Crippen LogP contribution >= 0.6 is 0 Å². The second kappa shape index (κ2) is 9.37. The zero-order valence-electron chi connectivity index (χ0n) is 16.2. The summed E-state index contributed by atoms with van der Waals surface area (Å²) < 4.78 is 94.6. The van der Waals surface area contributed by atoms with Crippen molar-refractivity contribution in [2.45, 2.75) is 22.7 Å². The number of aliphatic hydroxyl groups is 1. The zero-order valence-corrected chi connectivity index (χ0v) is 17.0. The molecule has 1 aliphatic heterocycles. The Hall–Kier alpha value is -2.43. The van der Waals surface area contributed by atoms with Crippen molar-refractivity contribution in [3.63, 3.8) is 0 Å². The highest BCUT2D eigenvalue weighted by Crippen LogP contribution is 2.47. The fraction of sp³-hybridized carbons (Fsp3) is 0.333. The minimum atomic E-state index is -4.64. The first-order valence-corrected chi connectivity index (χ1v) is 10.9. The summed E-state index contributed by atoms with van der Waals surface area (Å²) in [4.78, 5) is -0.726. The van der Waals surface area contributed by atoms with E-state index in [1.165, 1.54) is 6.08 Å². The molecular formula is C21H20F4O5S. The van der Waals surface area contributed by atoms with Crippen molar-refractivity contribution in [1.29, 1.82) is 0 Å². The lowest BCUT2D eigenvalue weighted by atomic mass is 9.89. The van der Waals surface area contributed by atoms with Gasteiger partial charge in [-0.3, -0.25) is 0 Å². The summed E-state index contributed by atoms with van der Waals surface area (Å²) in [6.07, 6.45) is 0.619. The van der Waals surface area contributed by atoms with E-state index < -0.39 is 66.6 Å². The molecule has 0 radical (unpaired) electrons. The fourth-order valence-corrected chi connectivity index (χ4v) is 5.79. The zero-order chi connectivity index (χ0) is 22.8. The van der Waals surface area contributed by atoms with Gasteiger partial charge in [0.15, 0.2) is 21.4 Å². The van der Waals surface area contributed by atoms with Gasteiger partial charge in [0.2, 0.25) is 0 Å². The second-order valence-electron chi connectivity index (χ2n) is 6.97. The monoisotopic (exact) mass is 460 g/mol. The third-order valence-electron chi connectivity index (χ3n) is 4.99. The van der Waals surface area contributed by atoms with E-state index in [4.69, 9.17) is 14.6 Å². The van der Waals surface area contributed by atoms with Crippen molar-refractivity contribution >= 4 is 9.84 Å². The van der Waals surface area contributed by atoms with Gasteiger partial charge in [0.1, 0.15) is 22.7 Å². The van der Waals surface area contributed by atoms with Gasteiger partial charge in [0, 0.05) is 12.0 Å². The predicted molar refractivity (Wildman–Crippen MR) is 103 cm³/mol. The Kier molecular flexibility index (Phi) is 7.03. The van der Waals surface area contributed by atoms with E-state index in [0.717, 1.165) is 12.1 Å². The number of halogens is 4. The number of hydrogen-bond acceptors (Lipinski definition) is 5. The predicted octanol–water partition coefficient (Wildman–Crippen LogP) is 3.72. The standard InChI is InChI=1S/C21H20F4O5S/c1-2-3-18(29-7-6-26)15-11-30-20-17(25)5-4-16(24)19(20)21(15)31(27,28)14-9-12(22)8-13(23)10-14/h2,4-5,8-10,15,18,21,26H,1,3,6-7,11H2/t15?,18-,21+/m1/s1. The first-order valence-electron chi connectivity index (χ1n) is 9.34. The minimum absolute atomic E-state index is 0.101. The van der Waals surface area contributed by atoms with Crippen LogP contribution in [-0.4, -0.2) is 39.4 Å². The molecule has 1 unspecified atom stereocenters. The maximum atomic E-state index is 14.8. The number of sulfone groups is 1. The van der Waals surface area contributed by atoms with Crippen LogP contribution in [0.4, 0.5) is 17.6 Å². The molecule has 0 spiro atoms. The maximum Gasteiger partial charge on any atom is 0.186 e. The van der Waals surface area contributed by atoms with Gasteiger partial charge in [0.25, 0.3) is 0 Å². The number of ether oxygens (including phenoxy) is 2. The number of fused-ring (bicyclic) bond motifs is 1. The molecule has 10 heteroatoms. The third kappa shape index (κ3) is 4.60. The number of aliphatic hydroxyl groups excluding tert-OH is 1. The molecule has 0 aliphatic carbocycles. The van der Waals surface area contributed by atoms with Gasteiger partial charge in [-0.1, -0.05) is 6.08 Å². The first-order chi connectivity index (χ1) is 14.7. The van der Waals surface area contributed by atoms with Crippen LogP contribution in [0, 0.1) is 29.2 Å². The Morgan fingerprint density at radius 2 is 1.81 bits per heavy atom. The van der Waals surface area contributed by atoms with Crippen LogP contribution in [0.15, 0.2) is 47.9 Å². The van der Waals surface area contributed by atoms with Gasteiger partial charge in [-0.05, 0) is 30.7 Å². The van der Waals surface area contributed by atoms with Crippen LogP contribution in [0.2, 0.25) is 0 Å². The lowest BCUT2D eigenvalue weighted by Crippen LogP contribution is -2.41. The van der Waals surface area contributed by atoms with Gasteiger partial charge >= 0.3 is 0 Å². The summed E-state index contributed by atoms with van der Waals surface area (Å²) in [5.41, 5.74) is -0.581. The van der Waals surface area contributed by atoms with Crippen molar-refractivity contribution in [3.05, 3.63) is 71.8 Å².